The third-order valence-corrected chi connectivity index (χ3v) is 5.83. The molecule has 4 heteroatoms. The highest BCUT2D eigenvalue weighted by molar-refractivity contribution is 5.96. The van der Waals surface area contributed by atoms with E-state index in [4.69, 9.17) is 0 Å². The first kappa shape index (κ1) is 16.5. The molecule has 0 bridgehead atoms. The predicted molar refractivity (Wildman–Crippen MR) is 98.9 cm³/mol. The average molecular weight is 337 g/mol. The molecule has 0 unspecified atom stereocenters. The molecular formula is C21H27N3O. The van der Waals surface area contributed by atoms with Crippen LogP contribution in [0.1, 0.15) is 52.9 Å². The van der Waals surface area contributed by atoms with Gasteiger partial charge < -0.3 is 0 Å². The standard InChI is InChI=1S/C21H27N3O/c1-23-12-11-19(22-23)7-8-21(25)18-6-5-16-9-13-24(20-3-2-4-20)14-10-17(16)15-18/h5-6,11-12,15,20H,2-4,7-10,13-14H2,1H3. The van der Waals surface area contributed by atoms with Gasteiger partial charge >= 0.3 is 0 Å². The molecule has 0 radical (unpaired) electrons. The maximum Gasteiger partial charge on any atom is 0.163 e. The highest BCUT2D eigenvalue weighted by Crippen LogP contribution is 2.27. The van der Waals surface area contributed by atoms with Gasteiger partial charge in [-0.1, -0.05) is 18.6 Å². The van der Waals surface area contributed by atoms with Crippen molar-refractivity contribution in [1.29, 1.82) is 0 Å². The molecule has 0 spiro atoms. The third-order valence-electron chi connectivity index (χ3n) is 5.83. The van der Waals surface area contributed by atoms with Gasteiger partial charge in [0.15, 0.2) is 5.78 Å². The second-order valence-electron chi connectivity index (χ2n) is 7.51. The topological polar surface area (TPSA) is 38.1 Å². The van der Waals surface area contributed by atoms with Gasteiger partial charge in [-0.25, -0.2) is 0 Å². The van der Waals surface area contributed by atoms with Gasteiger partial charge in [-0.15, -0.1) is 0 Å². The summed E-state index contributed by atoms with van der Waals surface area (Å²) in [4.78, 5) is 15.2. The number of benzene rings is 1. The van der Waals surface area contributed by atoms with Gasteiger partial charge in [-0.3, -0.25) is 14.4 Å². The van der Waals surface area contributed by atoms with E-state index in [9.17, 15) is 4.79 Å². The smallest absolute Gasteiger partial charge is 0.163 e. The van der Waals surface area contributed by atoms with Gasteiger partial charge in [0.2, 0.25) is 0 Å². The number of rotatable bonds is 5. The number of carbonyl (C=O) groups excluding carboxylic acids is 1. The largest absolute Gasteiger partial charge is 0.300 e. The monoisotopic (exact) mass is 337 g/mol. The van der Waals surface area contributed by atoms with Gasteiger partial charge in [0.05, 0.1) is 5.69 Å². The highest BCUT2D eigenvalue weighted by Gasteiger charge is 2.26. The Morgan fingerprint density at radius 3 is 2.64 bits per heavy atom. The molecule has 0 saturated heterocycles. The highest BCUT2D eigenvalue weighted by atomic mass is 16.1. The summed E-state index contributed by atoms with van der Waals surface area (Å²) >= 11 is 0. The Hall–Kier alpha value is -1.94. The van der Waals surface area contributed by atoms with E-state index in [0.29, 0.717) is 12.8 Å². The van der Waals surface area contributed by atoms with E-state index in [1.807, 2.05) is 25.4 Å². The number of Topliss-reactive ketones (excluding diaryl/α,β-unsaturated/α-hetero) is 1. The van der Waals surface area contributed by atoms with Crippen LogP contribution in [0.3, 0.4) is 0 Å². The van der Waals surface area contributed by atoms with Crippen molar-refractivity contribution in [2.45, 2.75) is 51.0 Å². The Balaban J connectivity index is 1.40. The van der Waals surface area contributed by atoms with Crippen molar-refractivity contribution in [2.24, 2.45) is 7.05 Å². The Morgan fingerprint density at radius 2 is 1.96 bits per heavy atom. The van der Waals surface area contributed by atoms with Crippen LogP contribution < -0.4 is 0 Å². The molecule has 1 saturated carbocycles. The quantitative estimate of drug-likeness (QED) is 0.787. The number of hydrogen-bond acceptors (Lipinski definition) is 3. The summed E-state index contributed by atoms with van der Waals surface area (Å²) < 4.78 is 1.79. The van der Waals surface area contributed by atoms with Crippen molar-refractivity contribution in [3.63, 3.8) is 0 Å². The minimum absolute atomic E-state index is 0.230. The second-order valence-corrected chi connectivity index (χ2v) is 7.51. The maximum atomic E-state index is 12.6. The van der Waals surface area contributed by atoms with Crippen molar-refractivity contribution < 1.29 is 4.79 Å². The van der Waals surface area contributed by atoms with Crippen LogP contribution in [0.2, 0.25) is 0 Å². The first-order valence-corrected chi connectivity index (χ1v) is 9.56. The van der Waals surface area contributed by atoms with Crippen LogP contribution in [0.5, 0.6) is 0 Å². The molecule has 1 aromatic carbocycles. The first-order valence-electron chi connectivity index (χ1n) is 9.56. The van der Waals surface area contributed by atoms with Crippen LogP contribution in [-0.4, -0.2) is 39.6 Å². The summed E-state index contributed by atoms with van der Waals surface area (Å²) in [6.07, 6.45) is 9.50. The summed E-state index contributed by atoms with van der Waals surface area (Å²) in [5, 5.41) is 4.36. The Bertz CT molecular complexity index is 760. The zero-order chi connectivity index (χ0) is 17.2. The molecule has 0 N–H and O–H groups in total. The Kier molecular flexibility index (Phi) is 4.71. The Morgan fingerprint density at radius 1 is 1.16 bits per heavy atom. The molecule has 4 nitrogen and oxygen atoms in total. The molecule has 132 valence electrons. The molecule has 1 aliphatic carbocycles. The minimum atomic E-state index is 0.230. The lowest BCUT2D eigenvalue weighted by molar-refractivity contribution is 0.0982. The zero-order valence-electron chi connectivity index (χ0n) is 15.1. The number of fused-ring (bicyclic) bond motifs is 1. The zero-order valence-corrected chi connectivity index (χ0v) is 15.1. The summed E-state index contributed by atoms with van der Waals surface area (Å²) in [7, 11) is 1.91. The normalized spacial score (nSPS) is 18.4. The van der Waals surface area contributed by atoms with E-state index >= 15 is 0 Å². The summed E-state index contributed by atoms with van der Waals surface area (Å²) in [5.74, 6) is 0.230. The van der Waals surface area contributed by atoms with Gasteiger partial charge in [-0.05, 0) is 55.4 Å². The van der Waals surface area contributed by atoms with Gasteiger partial charge in [0.1, 0.15) is 0 Å². The number of ketones is 1. The fraction of sp³-hybridized carbons (Fsp3) is 0.524. The molecule has 2 aliphatic rings. The van der Waals surface area contributed by atoms with E-state index in [-0.39, 0.29) is 5.78 Å². The minimum Gasteiger partial charge on any atom is -0.300 e. The molecule has 4 rings (SSSR count). The number of aryl methyl sites for hydroxylation is 2. The molecule has 2 aromatic rings. The van der Waals surface area contributed by atoms with Gasteiger partial charge in [0, 0.05) is 44.4 Å². The molecule has 1 aromatic heterocycles. The predicted octanol–water partition coefficient (Wildman–Crippen LogP) is 3.19. The van der Waals surface area contributed by atoms with Gasteiger partial charge in [0.25, 0.3) is 0 Å². The lowest BCUT2D eigenvalue weighted by atomic mass is 9.91. The lowest BCUT2D eigenvalue weighted by Crippen LogP contribution is -2.41. The second kappa shape index (κ2) is 7.12. The lowest BCUT2D eigenvalue weighted by Gasteiger charge is -2.36. The summed E-state index contributed by atoms with van der Waals surface area (Å²) in [6.45, 7) is 2.31. The summed E-state index contributed by atoms with van der Waals surface area (Å²) in [6, 6.07) is 9.17. The van der Waals surface area contributed by atoms with Gasteiger partial charge in [-0.2, -0.15) is 5.10 Å². The van der Waals surface area contributed by atoms with Crippen LogP contribution >= 0.6 is 0 Å². The van der Waals surface area contributed by atoms with Crippen molar-refractivity contribution in [3.8, 4) is 0 Å². The van der Waals surface area contributed by atoms with Crippen LogP contribution in [-0.2, 0) is 26.3 Å². The molecule has 1 aliphatic heterocycles. The van der Waals surface area contributed by atoms with Crippen molar-refractivity contribution in [2.75, 3.05) is 13.1 Å². The van der Waals surface area contributed by atoms with Crippen LogP contribution in [0.15, 0.2) is 30.5 Å². The van der Waals surface area contributed by atoms with Crippen LogP contribution in [0.25, 0.3) is 0 Å². The number of hydrogen-bond donors (Lipinski definition) is 0. The average Bonchev–Trinajstić information content (AvgIpc) is 2.87. The van der Waals surface area contributed by atoms with Crippen molar-refractivity contribution in [3.05, 3.63) is 52.8 Å². The number of aromatic nitrogens is 2. The SMILES string of the molecule is Cn1ccc(CCC(=O)c2ccc3c(c2)CCN(C2CCC2)CC3)n1. The van der Waals surface area contributed by atoms with Crippen LogP contribution in [0, 0.1) is 0 Å². The maximum absolute atomic E-state index is 12.6. The molecule has 0 atom stereocenters. The van der Waals surface area contributed by atoms with E-state index in [0.717, 1.165) is 36.7 Å². The number of carbonyl (C=O) groups is 1. The van der Waals surface area contributed by atoms with E-state index < -0.39 is 0 Å². The number of nitrogens with zero attached hydrogens (tertiary/aromatic N) is 3. The van der Waals surface area contributed by atoms with E-state index in [2.05, 4.69) is 22.1 Å². The molecule has 2 heterocycles. The molecule has 1 fully saturated rings. The first-order chi connectivity index (χ1) is 12.2. The Labute approximate surface area is 149 Å². The van der Waals surface area contributed by atoms with Crippen molar-refractivity contribution in [1.82, 2.24) is 14.7 Å². The van der Waals surface area contributed by atoms with E-state index in [1.54, 1.807) is 4.68 Å². The van der Waals surface area contributed by atoms with E-state index in [1.165, 1.54) is 36.9 Å². The fourth-order valence-corrected chi connectivity index (χ4v) is 4.02. The fourth-order valence-electron chi connectivity index (χ4n) is 4.02. The third kappa shape index (κ3) is 3.69. The summed E-state index contributed by atoms with van der Waals surface area (Å²) in [5.41, 5.74) is 4.67. The molecular weight excluding hydrogens is 310 g/mol. The van der Waals surface area contributed by atoms with Crippen molar-refractivity contribution >= 4 is 5.78 Å². The molecule has 0 amide bonds. The van der Waals surface area contributed by atoms with Crippen LogP contribution in [0.4, 0.5) is 0 Å². The molecule has 25 heavy (non-hydrogen) atoms.